The molecule has 3 aliphatic rings. The molecule has 160 valence electrons. The average Bonchev–Trinajstić information content (AvgIpc) is 2.80. The largest absolute Gasteiger partial charge is 0.292 e. The third-order valence-corrected chi connectivity index (χ3v) is 9.42. The van der Waals surface area contributed by atoms with E-state index in [9.17, 15) is 8.42 Å². The predicted molar refractivity (Wildman–Crippen MR) is 117 cm³/mol. The van der Waals surface area contributed by atoms with Gasteiger partial charge in [-0.25, -0.2) is 8.42 Å². The molecule has 0 radical (unpaired) electrons. The van der Waals surface area contributed by atoms with Gasteiger partial charge in [-0.2, -0.15) is 4.31 Å². The van der Waals surface area contributed by atoms with Crippen molar-refractivity contribution < 1.29 is 8.42 Å². The van der Waals surface area contributed by atoms with E-state index in [2.05, 4.69) is 40.2 Å². The van der Waals surface area contributed by atoms with Gasteiger partial charge in [-0.15, -0.1) is 0 Å². The number of piperidine rings is 1. The minimum atomic E-state index is -3.44. The summed E-state index contributed by atoms with van der Waals surface area (Å²) in [4.78, 5) is 6.98. The summed E-state index contributed by atoms with van der Waals surface area (Å²) in [5, 5.41) is 0. The lowest BCUT2D eigenvalue weighted by molar-refractivity contribution is -0.131. The number of aromatic nitrogens is 1. The summed E-state index contributed by atoms with van der Waals surface area (Å²) in [7, 11) is -3.44. The summed E-state index contributed by atoms with van der Waals surface area (Å²) in [5.74, 6) is 0. The highest BCUT2D eigenvalue weighted by atomic mass is 32.2. The van der Waals surface area contributed by atoms with Gasteiger partial charge in [0.05, 0.1) is 0 Å². The van der Waals surface area contributed by atoms with Crippen LogP contribution >= 0.6 is 0 Å². The molecule has 0 amide bonds. The van der Waals surface area contributed by atoms with Crippen molar-refractivity contribution in [1.29, 1.82) is 0 Å². The van der Waals surface area contributed by atoms with Crippen molar-refractivity contribution in [3.8, 4) is 0 Å². The topological polar surface area (TPSA) is 53.5 Å². The fourth-order valence-electron chi connectivity index (χ4n) is 6.05. The van der Waals surface area contributed by atoms with Crippen molar-refractivity contribution in [1.82, 2.24) is 14.2 Å². The molecule has 3 fully saturated rings. The van der Waals surface area contributed by atoms with Crippen LogP contribution in [0.3, 0.4) is 0 Å². The molecule has 5 nitrogen and oxygen atoms in total. The van der Waals surface area contributed by atoms with Gasteiger partial charge in [0, 0.05) is 49.5 Å². The van der Waals surface area contributed by atoms with Gasteiger partial charge < -0.3 is 0 Å². The lowest BCUT2D eigenvalue weighted by Gasteiger charge is -2.63. The Labute approximate surface area is 180 Å². The maximum absolute atomic E-state index is 12.9. The van der Waals surface area contributed by atoms with Gasteiger partial charge in [0.25, 0.3) is 0 Å². The Kier molecular flexibility index (Phi) is 5.42. The molecule has 5 rings (SSSR count). The third kappa shape index (κ3) is 3.49. The zero-order valence-corrected chi connectivity index (χ0v) is 18.3. The molecule has 1 saturated carbocycles. The second-order valence-corrected chi connectivity index (χ2v) is 11.2. The lowest BCUT2D eigenvalue weighted by atomic mass is 9.60. The Morgan fingerprint density at radius 3 is 2.33 bits per heavy atom. The quantitative estimate of drug-likeness (QED) is 0.735. The first-order valence-electron chi connectivity index (χ1n) is 11.3. The van der Waals surface area contributed by atoms with Crippen molar-refractivity contribution >= 4 is 10.0 Å². The second-order valence-electron chi connectivity index (χ2n) is 9.23. The molecule has 1 unspecified atom stereocenters. The van der Waals surface area contributed by atoms with E-state index < -0.39 is 10.0 Å². The van der Waals surface area contributed by atoms with Crippen LogP contribution in [0.4, 0.5) is 0 Å². The zero-order chi connectivity index (χ0) is 20.6. The highest BCUT2D eigenvalue weighted by Gasteiger charge is 2.55. The first kappa shape index (κ1) is 20.2. The summed E-state index contributed by atoms with van der Waals surface area (Å²) in [5.41, 5.74) is 1.87. The number of pyridine rings is 1. The van der Waals surface area contributed by atoms with Crippen molar-refractivity contribution in [2.24, 2.45) is 5.41 Å². The summed E-state index contributed by atoms with van der Waals surface area (Å²) in [6.45, 7) is 2.35. The van der Waals surface area contributed by atoms with Crippen LogP contribution in [-0.2, 0) is 10.0 Å². The zero-order valence-electron chi connectivity index (χ0n) is 17.5. The van der Waals surface area contributed by atoms with Crippen molar-refractivity contribution in [3.05, 3.63) is 60.4 Å². The van der Waals surface area contributed by atoms with Crippen LogP contribution in [0, 0.1) is 5.41 Å². The third-order valence-electron chi connectivity index (χ3n) is 7.54. The molecule has 1 aliphatic carbocycles. The van der Waals surface area contributed by atoms with Crippen molar-refractivity contribution in [3.63, 3.8) is 0 Å². The minimum absolute atomic E-state index is 0.302. The fourth-order valence-corrected chi connectivity index (χ4v) is 7.49. The van der Waals surface area contributed by atoms with E-state index >= 15 is 0 Å². The SMILES string of the molecule is O=S(=O)(c1cccnc1)N1CCC(N2CC3(CCCCC3)C2c2ccccc2)CC1. The summed E-state index contributed by atoms with van der Waals surface area (Å²) in [6.07, 6.45) is 11.6. The molecule has 30 heavy (non-hydrogen) atoms. The molecule has 6 heteroatoms. The number of hydrogen-bond donors (Lipinski definition) is 0. The fraction of sp³-hybridized carbons (Fsp3) is 0.542. The minimum Gasteiger partial charge on any atom is -0.292 e. The standard InChI is InChI=1S/C24H31N3O2S/c28-30(29,22-10-7-15-25-18-22)26-16-11-21(12-17-26)27-19-24(13-5-2-6-14-24)23(27)20-8-3-1-4-9-20/h1,3-4,7-10,15,18,21,23H,2,5-6,11-14,16-17,19H2. The molecule has 2 aromatic rings. The van der Waals surface area contributed by atoms with Crippen LogP contribution < -0.4 is 0 Å². The van der Waals surface area contributed by atoms with E-state index in [1.807, 2.05) is 0 Å². The molecule has 1 atom stereocenters. The van der Waals surface area contributed by atoms with Crippen LogP contribution in [0.5, 0.6) is 0 Å². The number of nitrogens with zero attached hydrogens (tertiary/aromatic N) is 3. The van der Waals surface area contributed by atoms with Gasteiger partial charge in [-0.3, -0.25) is 9.88 Å². The summed E-state index contributed by atoms with van der Waals surface area (Å²) >= 11 is 0. The summed E-state index contributed by atoms with van der Waals surface area (Å²) in [6, 6.07) is 15.3. The van der Waals surface area contributed by atoms with Crippen LogP contribution in [0.2, 0.25) is 0 Å². The number of benzene rings is 1. The summed E-state index contributed by atoms with van der Waals surface area (Å²) < 4.78 is 27.5. The number of likely N-dealkylation sites (tertiary alicyclic amines) is 1. The van der Waals surface area contributed by atoms with E-state index in [1.54, 1.807) is 22.6 Å². The highest BCUT2D eigenvalue weighted by Crippen LogP contribution is 2.58. The molecule has 0 N–H and O–H groups in total. The average molecular weight is 426 g/mol. The Balaban J connectivity index is 1.31. The van der Waals surface area contributed by atoms with Gasteiger partial charge in [0.1, 0.15) is 4.90 Å². The number of rotatable bonds is 4. The molecule has 3 heterocycles. The van der Waals surface area contributed by atoms with E-state index in [0.717, 1.165) is 12.8 Å². The maximum Gasteiger partial charge on any atom is 0.244 e. The molecule has 1 spiro atoms. The Morgan fingerprint density at radius 1 is 0.933 bits per heavy atom. The van der Waals surface area contributed by atoms with Crippen LogP contribution in [0.15, 0.2) is 59.8 Å². The second kappa shape index (κ2) is 8.06. The number of sulfonamides is 1. The van der Waals surface area contributed by atoms with Crippen LogP contribution in [0.1, 0.15) is 56.6 Å². The van der Waals surface area contributed by atoms with Crippen molar-refractivity contribution in [2.75, 3.05) is 19.6 Å². The smallest absolute Gasteiger partial charge is 0.244 e. The van der Waals surface area contributed by atoms with Crippen molar-refractivity contribution in [2.45, 2.75) is 61.9 Å². The Hall–Kier alpha value is -1.76. The first-order valence-corrected chi connectivity index (χ1v) is 12.8. The molecule has 1 aromatic heterocycles. The monoisotopic (exact) mass is 425 g/mol. The van der Waals surface area contributed by atoms with Gasteiger partial charge in [-0.05, 0) is 43.4 Å². The molecule has 1 aromatic carbocycles. The molecule has 2 aliphatic heterocycles. The van der Waals surface area contributed by atoms with E-state index in [1.165, 1.54) is 50.4 Å². The van der Waals surface area contributed by atoms with Gasteiger partial charge in [0.2, 0.25) is 10.0 Å². The molecular weight excluding hydrogens is 394 g/mol. The first-order chi connectivity index (χ1) is 14.6. The molecule has 0 bridgehead atoms. The highest BCUT2D eigenvalue weighted by molar-refractivity contribution is 7.89. The van der Waals surface area contributed by atoms with Crippen LogP contribution in [-0.4, -0.2) is 48.3 Å². The van der Waals surface area contributed by atoms with Gasteiger partial charge >= 0.3 is 0 Å². The predicted octanol–water partition coefficient (Wildman–Crippen LogP) is 4.24. The maximum atomic E-state index is 12.9. The van der Waals surface area contributed by atoms with Gasteiger partial charge in [-0.1, -0.05) is 49.6 Å². The van der Waals surface area contributed by atoms with E-state index in [4.69, 9.17) is 0 Å². The van der Waals surface area contributed by atoms with E-state index in [-0.39, 0.29) is 0 Å². The molecular formula is C24H31N3O2S. The number of hydrogen-bond acceptors (Lipinski definition) is 4. The lowest BCUT2D eigenvalue weighted by Crippen LogP contribution is -2.63. The Bertz CT molecular complexity index is 950. The molecule has 2 saturated heterocycles. The normalized spacial score (nSPS) is 25.8. The van der Waals surface area contributed by atoms with E-state index in [0.29, 0.717) is 35.5 Å². The van der Waals surface area contributed by atoms with Crippen LogP contribution in [0.25, 0.3) is 0 Å². The Morgan fingerprint density at radius 2 is 1.67 bits per heavy atom. The van der Waals surface area contributed by atoms with Gasteiger partial charge in [0.15, 0.2) is 0 Å².